The van der Waals surface area contributed by atoms with Crippen LogP contribution in [0.25, 0.3) is 0 Å². The van der Waals surface area contributed by atoms with Crippen molar-refractivity contribution in [2.75, 3.05) is 18.4 Å². The molecule has 8 heteroatoms. The zero-order chi connectivity index (χ0) is 17.2. The highest BCUT2D eigenvalue weighted by Gasteiger charge is 2.33. The van der Waals surface area contributed by atoms with Crippen LogP contribution < -0.4 is 5.32 Å². The number of hydrogen-bond acceptors (Lipinski definition) is 4. The molecule has 0 spiro atoms. The van der Waals surface area contributed by atoms with Crippen LogP contribution in [0.1, 0.15) is 44.2 Å². The maximum Gasteiger partial charge on any atom is 0.433 e. The summed E-state index contributed by atoms with van der Waals surface area (Å²) in [7, 11) is 0. The maximum absolute atomic E-state index is 12.7. The number of nitrogens with zero attached hydrogens (tertiary/aromatic N) is 3. The third kappa shape index (κ3) is 3.96. The predicted octanol–water partition coefficient (Wildman–Crippen LogP) is 3.09. The molecule has 0 aromatic carbocycles. The van der Waals surface area contributed by atoms with Gasteiger partial charge in [-0.3, -0.25) is 4.79 Å². The Morgan fingerprint density at radius 2 is 1.79 bits per heavy atom. The second kappa shape index (κ2) is 6.94. The first kappa shape index (κ1) is 17.0. The van der Waals surface area contributed by atoms with E-state index in [9.17, 15) is 18.0 Å². The van der Waals surface area contributed by atoms with Crippen molar-refractivity contribution < 1.29 is 18.0 Å². The largest absolute Gasteiger partial charge is 0.433 e. The number of amides is 1. The number of hydrogen-bond donors (Lipinski definition) is 1. The van der Waals surface area contributed by atoms with Gasteiger partial charge in [0.2, 0.25) is 5.91 Å². The quantitative estimate of drug-likeness (QED) is 0.917. The number of rotatable bonds is 3. The molecular weight excluding hydrogens is 321 g/mol. The monoisotopic (exact) mass is 342 g/mol. The summed E-state index contributed by atoms with van der Waals surface area (Å²) in [5.74, 6) is 0.593. The van der Waals surface area contributed by atoms with Gasteiger partial charge in [-0.25, -0.2) is 9.97 Å². The molecule has 1 aromatic heterocycles. The van der Waals surface area contributed by atoms with Crippen LogP contribution in [0.2, 0.25) is 0 Å². The maximum atomic E-state index is 12.7. The Labute approximate surface area is 138 Å². The molecule has 0 atom stereocenters. The Kier molecular flexibility index (Phi) is 4.91. The Balaban J connectivity index is 1.53. The number of nitrogens with one attached hydrogen (secondary N) is 1. The van der Waals surface area contributed by atoms with Crippen LogP contribution in [0, 0.1) is 5.92 Å². The lowest BCUT2D eigenvalue weighted by atomic mass is 10.0. The molecule has 24 heavy (non-hydrogen) atoms. The fourth-order valence-electron chi connectivity index (χ4n) is 3.48. The van der Waals surface area contributed by atoms with Gasteiger partial charge in [0.1, 0.15) is 17.8 Å². The van der Waals surface area contributed by atoms with Crippen molar-refractivity contribution in [3.05, 3.63) is 18.1 Å². The molecule has 1 saturated carbocycles. The van der Waals surface area contributed by atoms with Gasteiger partial charge in [-0.2, -0.15) is 13.2 Å². The molecule has 0 unspecified atom stereocenters. The van der Waals surface area contributed by atoms with E-state index in [0.29, 0.717) is 25.9 Å². The van der Waals surface area contributed by atoms with Gasteiger partial charge in [-0.1, -0.05) is 12.8 Å². The second-order valence-electron chi connectivity index (χ2n) is 6.51. The van der Waals surface area contributed by atoms with Gasteiger partial charge >= 0.3 is 6.18 Å². The number of likely N-dealkylation sites (tertiary alicyclic amines) is 1. The van der Waals surface area contributed by atoms with Crippen molar-refractivity contribution in [2.45, 2.75) is 50.7 Å². The van der Waals surface area contributed by atoms with Crippen LogP contribution in [0.15, 0.2) is 12.4 Å². The molecule has 0 radical (unpaired) electrons. The topological polar surface area (TPSA) is 58.1 Å². The lowest BCUT2D eigenvalue weighted by Crippen LogP contribution is -2.44. The van der Waals surface area contributed by atoms with E-state index in [4.69, 9.17) is 0 Å². The van der Waals surface area contributed by atoms with Crippen LogP contribution in [-0.4, -0.2) is 39.9 Å². The van der Waals surface area contributed by atoms with Crippen molar-refractivity contribution in [1.29, 1.82) is 0 Å². The summed E-state index contributed by atoms with van der Waals surface area (Å²) in [5.41, 5.74) is -0.950. The molecule has 1 amide bonds. The van der Waals surface area contributed by atoms with Crippen LogP contribution >= 0.6 is 0 Å². The van der Waals surface area contributed by atoms with Crippen LogP contribution in [0.5, 0.6) is 0 Å². The summed E-state index contributed by atoms with van der Waals surface area (Å²) in [6.07, 6.45) is 2.09. The standard InChI is InChI=1S/C16H21F3N4O/c17-16(18,19)13-9-14(21-10-20-13)22-12-5-7-23(8-6-12)15(24)11-3-1-2-4-11/h9-12H,1-8H2,(H,20,21,22). The molecule has 132 valence electrons. The molecule has 2 heterocycles. The van der Waals surface area contributed by atoms with Gasteiger partial charge in [0.25, 0.3) is 0 Å². The van der Waals surface area contributed by atoms with E-state index in [1.807, 2.05) is 4.90 Å². The number of alkyl halides is 3. The first-order chi connectivity index (χ1) is 11.4. The third-order valence-corrected chi connectivity index (χ3v) is 4.82. The number of anilines is 1. The number of piperidine rings is 1. The van der Waals surface area contributed by atoms with E-state index >= 15 is 0 Å². The summed E-state index contributed by atoms with van der Waals surface area (Å²) in [4.78, 5) is 21.4. The van der Waals surface area contributed by atoms with Gasteiger partial charge in [-0.05, 0) is 25.7 Å². The lowest BCUT2D eigenvalue weighted by Gasteiger charge is -2.34. The molecule has 2 aliphatic rings. The minimum Gasteiger partial charge on any atom is -0.367 e. The summed E-state index contributed by atoms with van der Waals surface area (Å²) in [6, 6.07) is 0.949. The number of carbonyl (C=O) groups excluding carboxylic acids is 1. The zero-order valence-corrected chi connectivity index (χ0v) is 13.4. The number of carbonyl (C=O) groups is 1. The van der Waals surface area contributed by atoms with Gasteiger partial charge in [-0.15, -0.1) is 0 Å². The molecular formula is C16H21F3N4O. The molecule has 1 N–H and O–H groups in total. The smallest absolute Gasteiger partial charge is 0.367 e. The average Bonchev–Trinajstić information content (AvgIpc) is 3.09. The molecule has 1 saturated heterocycles. The van der Waals surface area contributed by atoms with E-state index in [-0.39, 0.29) is 23.7 Å². The minimum atomic E-state index is -4.48. The highest BCUT2D eigenvalue weighted by atomic mass is 19.4. The van der Waals surface area contributed by atoms with Crippen LogP contribution in [-0.2, 0) is 11.0 Å². The van der Waals surface area contributed by atoms with Crippen molar-refractivity contribution in [2.24, 2.45) is 5.92 Å². The summed E-state index contributed by atoms with van der Waals surface area (Å²) in [6.45, 7) is 1.29. The van der Waals surface area contributed by atoms with E-state index in [0.717, 1.165) is 38.1 Å². The van der Waals surface area contributed by atoms with Gasteiger partial charge in [0.05, 0.1) is 0 Å². The van der Waals surface area contributed by atoms with Gasteiger partial charge in [0, 0.05) is 31.1 Å². The Bertz CT molecular complexity index is 579. The zero-order valence-electron chi connectivity index (χ0n) is 13.4. The van der Waals surface area contributed by atoms with E-state index < -0.39 is 11.9 Å². The van der Waals surface area contributed by atoms with Crippen molar-refractivity contribution in [1.82, 2.24) is 14.9 Å². The molecule has 5 nitrogen and oxygen atoms in total. The predicted molar refractivity (Wildman–Crippen MR) is 82.2 cm³/mol. The summed E-state index contributed by atoms with van der Waals surface area (Å²) >= 11 is 0. The molecule has 1 aliphatic heterocycles. The highest BCUT2D eigenvalue weighted by Crippen LogP contribution is 2.29. The van der Waals surface area contributed by atoms with Crippen molar-refractivity contribution >= 4 is 11.7 Å². The third-order valence-electron chi connectivity index (χ3n) is 4.82. The Morgan fingerprint density at radius 3 is 2.42 bits per heavy atom. The van der Waals surface area contributed by atoms with Gasteiger partial charge in [0.15, 0.2) is 0 Å². The minimum absolute atomic E-state index is 0.0219. The lowest BCUT2D eigenvalue weighted by molar-refractivity contribution is -0.141. The average molecular weight is 342 g/mol. The molecule has 1 aromatic rings. The van der Waals surface area contributed by atoms with E-state index in [1.54, 1.807) is 0 Å². The van der Waals surface area contributed by atoms with Gasteiger partial charge < -0.3 is 10.2 Å². The number of halogens is 3. The molecule has 3 rings (SSSR count). The Morgan fingerprint density at radius 1 is 1.12 bits per heavy atom. The Hall–Kier alpha value is -1.86. The van der Waals surface area contributed by atoms with Crippen LogP contribution in [0.3, 0.4) is 0 Å². The SMILES string of the molecule is O=C(C1CCCC1)N1CCC(Nc2cc(C(F)(F)F)ncn2)CC1. The highest BCUT2D eigenvalue weighted by molar-refractivity contribution is 5.79. The van der Waals surface area contributed by atoms with Crippen LogP contribution in [0.4, 0.5) is 19.0 Å². The van der Waals surface area contributed by atoms with Crippen molar-refractivity contribution in [3.8, 4) is 0 Å². The number of aromatic nitrogens is 2. The van der Waals surface area contributed by atoms with E-state index in [2.05, 4.69) is 15.3 Å². The van der Waals surface area contributed by atoms with Crippen molar-refractivity contribution in [3.63, 3.8) is 0 Å². The molecule has 2 fully saturated rings. The first-order valence-electron chi connectivity index (χ1n) is 8.38. The molecule has 1 aliphatic carbocycles. The first-order valence-corrected chi connectivity index (χ1v) is 8.38. The second-order valence-corrected chi connectivity index (χ2v) is 6.51. The normalized spacial score (nSPS) is 20.4. The van der Waals surface area contributed by atoms with E-state index in [1.165, 1.54) is 0 Å². The fraction of sp³-hybridized carbons (Fsp3) is 0.688. The summed E-state index contributed by atoms with van der Waals surface area (Å²) in [5, 5.41) is 3.03. The fourth-order valence-corrected chi connectivity index (χ4v) is 3.48. The summed E-state index contributed by atoms with van der Waals surface area (Å²) < 4.78 is 38.0. The molecule has 0 bridgehead atoms.